The standard InChI is InChI=1S/C9H17N3/c1-4-8-7(2)11-9(5-6-10)12(8)3/h4-6,10H2,1-3H3. The number of hydrogen-bond donors (Lipinski definition) is 1. The van der Waals surface area contributed by atoms with Crippen LogP contribution in [-0.2, 0) is 19.9 Å². The molecule has 0 spiro atoms. The smallest absolute Gasteiger partial charge is 0.110 e. The first-order chi connectivity index (χ1) is 5.70. The lowest BCUT2D eigenvalue weighted by Gasteiger charge is -2.02. The number of hydrogen-bond acceptors (Lipinski definition) is 2. The van der Waals surface area contributed by atoms with Gasteiger partial charge in [0.15, 0.2) is 0 Å². The summed E-state index contributed by atoms with van der Waals surface area (Å²) in [6, 6.07) is 0. The van der Waals surface area contributed by atoms with Gasteiger partial charge in [0, 0.05) is 19.2 Å². The van der Waals surface area contributed by atoms with Crippen LogP contribution in [0.2, 0.25) is 0 Å². The molecule has 0 aliphatic heterocycles. The third kappa shape index (κ3) is 1.50. The highest BCUT2D eigenvalue weighted by Gasteiger charge is 2.07. The molecular weight excluding hydrogens is 150 g/mol. The van der Waals surface area contributed by atoms with Crippen LogP contribution in [0.1, 0.15) is 24.1 Å². The maximum absolute atomic E-state index is 5.48. The summed E-state index contributed by atoms with van der Waals surface area (Å²) >= 11 is 0. The summed E-state index contributed by atoms with van der Waals surface area (Å²) in [5.41, 5.74) is 7.94. The van der Waals surface area contributed by atoms with Gasteiger partial charge < -0.3 is 10.3 Å². The van der Waals surface area contributed by atoms with E-state index < -0.39 is 0 Å². The lowest BCUT2D eigenvalue weighted by Crippen LogP contribution is -2.08. The second-order valence-electron chi connectivity index (χ2n) is 3.01. The molecule has 68 valence electrons. The van der Waals surface area contributed by atoms with Gasteiger partial charge >= 0.3 is 0 Å². The van der Waals surface area contributed by atoms with Crippen molar-refractivity contribution in [3.63, 3.8) is 0 Å². The molecule has 1 heterocycles. The van der Waals surface area contributed by atoms with E-state index in [4.69, 9.17) is 5.73 Å². The molecule has 0 aliphatic carbocycles. The fourth-order valence-corrected chi connectivity index (χ4v) is 1.58. The molecule has 0 atom stereocenters. The Bertz CT molecular complexity index is 263. The summed E-state index contributed by atoms with van der Waals surface area (Å²) in [6.07, 6.45) is 1.91. The molecule has 0 radical (unpaired) electrons. The summed E-state index contributed by atoms with van der Waals surface area (Å²) in [5, 5.41) is 0. The predicted molar refractivity (Wildman–Crippen MR) is 50.1 cm³/mol. The van der Waals surface area contributed by atoms with Crippen LogP contribution >= 0.6 is 0 Å². The number of rotatable bonds is 3. The minimum absolute atomic E-state index is 0.674. The molecule has 3 nitrogen and oxygen atoms in total. The Kier molecular flexibility index (Phi) is 2.87. The molecule has 0 saturated carbocycles. The van der Waals surface area contributed by atoms with Gasteiger partial charge in [-0.3, -0.25) is 0 Å². The number of aromatic nitrogens is 2. The van der Waals surface area contributed by atoms with Crippen molar-refractivity contribution in [3.05, 3.63) is 17.2 Å². The van der Waals surface area contributed by atoms with Gasteiger partial charge in [0.05, 0.1) is 5.69 Å². The summed E-state index contributed by atoms with van der Waals surface area (Å²) in [6.45, 7) is 4.88. The normalized spacial score (nSPS) is 10.7. The Morgan fingerprint density at radius 3 is 2.58 bits per heavy atom. The number of nitrogens with two attached hydrogens (primary N) is 1. The molecular formula is C9H17N3. The number of nitrogens with zero attached hydrogens (tertiary/aromatic N) is 2. The van der Waals surface area contributed by atoms with E-state index in [2.05, 4.69) is 30.4 Å². The Morgan fingerprint density at radius 1 is 1.50 bits per heavy atom. The lowest BCUT2D eigenvalue weighted by molar-refractivity contribution is 0.744. The SMILES string of the molecule is CCc1c(C)nc(CCN)n1C. The second kappa shape index (κ2) is 3.72. The molecule has 0 unspecified atom stereocenters. The van der Waals surface area contributed by atoms with E-state index in [1.54, 1.807) is 0 Å². The van der Waals surface area contributed by atoms with Crippen molar-refractivity contribution in [2.45, 2.75) is 26.7 Å². The van der Waals surface area contributed by atoms with Crippen molar-refractivity contribution in [1.82, 2.24) is 9.55 Å². The molecule has 3 heteroatoms. The predicted octanol–water partition coefficient (Wildman–Crippen LogP) is 0.792. The third-order valence-corrected chi connectivity index (χ3v) is 2.21. The summed E-state index contributed by atoms with van der Waals surface area (Å²) in [5.74, 6) is 1.10. The van der Waals surface area contributed by atoms with E-state index in [-0.39, 0.29) is 0 Å². The number of aryl methyl sites for hydroxylation is 1. The average Bonchev–Trinajstić information content (AvgIpc) is 2.29. The van der Waals surface area contributed by atoms with Crippen molar-refractivity contribution in [3.8, 4) is 0 Å². The maximum Gasteiger partial charge on any atom is 0.110 e. The van der Waals surface area contributed by atoms with Crippen LogP contribution in [-0.4, -0.2) is 16.1 Å². The van der Waals surface area contributed by atoms with Gasteiger partial charge in [-0.05, 0) is 19.9 Å². The zero-order valence-electron chi connectivity index (χ0n) is 8.09. The molecule has 2 N–H and O–H groups in total. The highest BCUT2D eigenvalue weighted by atomic mass is 15.1. The topological polar surface area (TPSA) is 43.8 Å². The van der Waals surface area contributed by atoms with Crippen LogP contribution in [0, 0.1) is 6.92 Å². The van der Waals surface area contributed by atoms with Gasteiger partial charge in [0.25, 0.3) is 0 Å². The Balaban J connectivity index is 3.00. The zero-order chi connectivity index (χ0) is 9.14. The molecule has 0 aliphatic rings. The van der Waals surface area contributed by atoms with Crippen LogP contribution in [0.15, 0.2) is 0 Å². The molecule has 0 fully saturated rings. The van der Waals surface area contributed by atoms with Crippen LogP contribution in [0.4, 0.5) is 0 Å². The van der Waals surface area contributed by atoms with Gasteiger partial charge in [-0.15, -0.1) is 0 Å². The van der Waals surface area contributed by atoms with Crippen molar-refractivity contribution < 1.29 is 0 Å². The molecule has 12 heavy (non-hydrogen) atoms. The van der Waals surface area contributed by atoms with Crippen LogP contribution < -0.4 is 5.73 Å². The van der Waals surface area contributed by atoms with Gasteiger partial charge in [0.1, 0.15) is 5.82 Å². The second-order valence-corrected chi connectivity index (χ2v) is 3.01. The fraction of sp³-hybridized carbons (Fsp3) is 0.667. The molecule has 0 bridgehead atoms. The average molecular weight is 167 g/mol. The molecule has 0 amide bonds. The summed E-state index contributed by atoms with van der Waals surface area (Å²) in [7, 11) is 2.06. The zero-order valence-corrected chi connectivity index (χ0v) is 8.09. The van der Waals surface area contributed by atoms with Crippen LogP contribution in [0.5, 0.6) is 0 Å². The minimum atomic E-state index is 0.674. The van der Waals surface area contributed by atoms with E-state index >= 15 is 0 Å². The quantitative estimate of drug-likeness (QED) is 0.723. The molecule has 0 aromatic carbocycles. The van der Waals surface area contributed by atoms with E-state index in [1.807, 2.05) is 0 Å². The van der Waals surface area contributed by atoms with Gasteiger partial charge in [0.2, 0.25) is 0 Å². The Morgan fingerprint density at radius 2 is 2.17 bits per heavy atom. The fourth-order valence-electron chi connectivity index (χ4n) is 1.58. The van der Waals surface area contributed by atoms with E-state index in [9.17, 15) is 0 Å². The molecule has 1 aromatic rings. The monoisotopic (exact) mass is 167 g/mol. The van der Waals surface area contributed by atoms with Crippen LogP contribution in [0.3, 0.4) is 0 Å². The summed E-state index contributed by atoms with van der Waals surface area (Å²) in [4.78, 5) is 4.45. The first-order valence-electron chi connectivity index (χ1n) is 4.41. The first-order valence-corrected chi connectivity index (χ1v) is 4.41. The van der Waals surface area contributed by atoms with Crippen LogP contribution in [0.25, 0.3) is 0 Å². The molecule has 0 saturated heterocycles. The largest absolute Gasteiger partial charge is 0.335 e. The van der Waals surface area contributed by atoms with Gasteiger partial charge in [-0.1, -0.05) is 6.92 Å². The Hall–Kier alpha value is -0.830. The highest BCUT2D eigenvalue weighted by molar-refractivity contribution is 5.15. The number of imidazole rings is 1. The van der Waals surface area contributed by atoms with Crippen molar-refractivity contribution in [1.29, 1.82) is 0 Å². The van der Waals surface area contributed by atoms with Crippen molar-refractivity contribution in [2.24, 2.45) is 12.8 Å². The minimum Gasteiger partial charge on any atom is -0.335 e. The maximum atomic E-state index is 5.48. The van der Waals surface area contributed by atoms with Gasteiger partial charge in [-0.25, -0.2) is 4.98 Å². The van der Waals surface area contributed by atoms with Gasteiger partial charge in [-0.2, -0.15) is 0 Å². The lowest BCUT2D eigenvalue weighted by atomic mass is 10.3. The molecule has 1 aromatic heterocycles. The van der Waals surface area contributed by atoms with E-state index in [0.717, 1.165) is 24.4 Å². The van der Waals surface area contributed by atoms with Crippen molar-refractivity contribution >= 4 is 0 Å². The third-order valence-electron chi connectivity index (χ3n) is 2.21. The Labute approximate surface area is 73.6 Å². The molecule has 1 rings (SSSR count). The summed E-state index contributed by atoms with van der Waals surface area (Å²) < 4.78 is 2.15. The first kappa shape index (κ1) is 9.26. The van der Waals surface area contributed by atoms with Crippen molar-refractivity contribution in [2.75, 3.05) is 6.54 Å². The highest BCUT2D eigenvalue weighted by Crippen LogP contribution is 2.09. The van der Waals surface area contributed by atoms with E-state index in [1.165, 1.54) is 5.69 Å². The van der Waals surface area contributed by atoms with E-state index in [0.29, 0.717) is 6.54 Å².